The second kappa shape index (κ2) is 5.71. The van der Waals surface area contributed by atoms with Crippen LogP contribution in [0.15, 0.2) is 18.2 Å². The fourth-order valence-corrected chi connectivity index (χ4v) is 3.02. The highest BCUT2D eigenvalue weighted by molar-refractivity contribution is 7.92. The van der Waals surface area contributed by atoms with E-state index in [2.05, 4.69) is 0 Å². The average Bonchev–Trinajstić information content (AvgIpc) is 2.25. The minimum Gasteiger partial charge on any atom is -0.326 e. The zero-order chi connectivity index (χ0) is 13.9. The lowest BCUT2D eigenvalue weighted by molar-refractivity contribution is 0.585. The molecule has 0 bridgehead atoms. The van der Waals surface area contributed by atoms with Crippen molar-refractivity contribution in [3.05, 3.63) is 29.3 Å². The van der Waals surface area contributed by atoms with Crippen molar-refractivity contribution in [1.82, 2.24) is 0 Å². The normalized spacial score (nSPS) is 13.4. The van der Waals surface area contributed by atoms with Crippen molar-refractivity contribution in [2.75, 3.05) is 17.1 Å². The second-order valence-electron chi connectivity index (χ2n) is 4.70. The fourth-order valence-electron chi connectivity index (χ4n) is 1.93. The van der Waals surface area contributed by atoms with Crippen molar-refractivity contribution in [3.63, 3.8) is 0 Å². The molecule has 0 aliphatic rings. The maximum atomic E-state index is 12.0. The van der Waals surface area contributed by atoms with E-state index in [9.17, 15) is 8.42 Å². The summed E-state index contributed by atoms with van der Waals surface area (Å²) in [5.41, 5.74) is 8.55. The van der Waals surface area contributed by atoms with Gasteiger partial charge in [0.25, 0.3) is 0 Å². The molecule has 0 saturated carbocycles. The number of hydrogen-bond acceptors (Lipinski definition) is 3. The molecular formula is C13H22N2O2S. The summed E-state index contributed by atoms with van der Waals surface area (Å²) in [5, 5.41) is 0. The summed E-state index contributed by atoms with van der Waals surface area (Å²) in [4.78, 5) is 0. The molecule has 0 amide bonds. The summed E-state index contributed by atoms with van der Waals surface area (Å²) in [5.74, 6) is 0. The van der Waals surface area contributed by atoms with Gasteiger partial charge in [-0.15, -0.1) is 0 Å². The maximum absolute atomic E-state index is 12.0. The SMILES string of the molecule is CCC(N)CN(c1c(C)cccc1C)S(C)(=O)=O. The Bertz CT molecular complexity index is 491. The fraction of sp³-hybridized carbons (Fsp3) is 0.538. The van der Waals surface area contributed by atoms with Crippen LogP contribution in [0.2, 0.25) is 0 Å². The molecule has 4 nitrogen and oxygen atoms in total. The summed E-state index contributed by atoms with van der Waals surface area (Å²) in [7, 11) is -3.31. The summed E-state index contributed by atoms with van der Waals surface area (Å²) < 4.78 is 25.3. The van der Waals surface area contributed by atoms with Gasteiger partial charge in [-0.3, -0.25) is 4.31 Å². The molecule has 0 spiro atoms. The first-order valence-electron chi connectivity index (χ1n) is 6.06. The van der Waals surface area contributed by atoms with Crippen molar-refractivity contribution < 1.29 is 8.42 Å². The van der Waals surface area contributed by atoms with Crippen LogP contribution in [0.4, 0.5) is 5.69 Å². The number of benzene rings is 1. The molecule has 0 saturated heterocycles. The van der Waals surface area contributed by atoms with Gasteiger partial charge in [0, 0.05) is 12.6 Å². The first-order chi connectivity index (χ1) is 8.27. The van der Waals surface area contributed by atoms with Crippen LogP contribution in [-0.2, 0) is 10.0 Å². The molecule has 1 rings (SSSR count). The number of nitrogens with two attached hydrogens (primary N) is 1. The number of para-hydroxylation sites is 1. The molecule has 0 aliphatic heterocycles. The van der Waals surface area contributed by atoms with E-state index in [4.69, 9.17) is 5.73 Å². The summed E-state index contributed by atoms with van der Waals surface area (Å²) in [6.45, 7) is 6.10. The van der Waals surface area contributed by atoms with Crippen LogP contribution in [0.25, 0.3) is 0 Å². The molecule has 2 N–H and O–H groups in total. The molecule has 1 unspecified atom stereocenters. The Hall–Kier alpha value is -1.07. The highest BCUT2D eigenvalue weighted by atomic mass is 32.2. The Labute approximate surface area is 110 Å². The predicted molar refractivity (Wildman–Crippen MR) is 76.4 cm³/mol. The lowest BCUT2D eigenvalue weighted by Gasteiger charge is -2.28. The molecule has 0 radical (unpaired) electrons. The van der Waals surface area contributed by atoms with Crippen molar-refractivity contribution in [2.45, 2.75) is 33.2 Å². The van der Waals surface area contributed by atoms with Crippen molar-refractivity contribution in [3.8, 4) is 0 Å². The standard InChI is InChI=1S/C13H22N2O2S/c1-5-12(14)9-15(18(4,16)17)13-10(2)7-6-8-11(13)3/h6-8,12H,5,9,14H2,1-4H3. The zero-order valence-electron chi connectivity index (χ0n) is 11.5. The van der Waals surface area contributed by atoms with Gasteiger partial charge in [0.2, 0.25) is 10.0 Å². The molecule has 0 aromatic heterocycles. The van der Waals surface area contributed by atoms with E-state index in [-0.39, 0.29) is 6.04 Å². The Balaban J connectivity index is 3.27. The van der Waals surface area contributed by atoms with Crippen LogP contribution < -0.4 is 10.0 Å². The second-order valence-corrected chi connectivity index (χ2v) is 6.61. The number of rotatable bonds is 5. The summed E-state index contributed by atoms with van der Waals surface area (Å²) in [6, 6.07) is 5.60. The maximum Gasteiger partial charge on any atom is 0.232 e. The van der Waals surface area contributed by atoms with Gasteiger partial charge in [-0.05, 0) is 31.4 Å². The van der Waals surface area contributed by atoms with Crippen molar-refractivity contribution >= 4 is 15.7 Å². The highest BCUT2D eigenvalue weighted by Gasteiger charge is 2.22. The minimum absolute atomic E-state index is 0.154. The van der Waals surface area contributed by atoms with Gasteiger partial charge >= 0.3 is 0 Å². The van der Waals surface area contributed by atoms with Crippen molar-refractivity contribution in [2.24, 2.45) is 5.73 Å². The molecule has 0 heterocycles. The van der Waals surface area contributed by atoms with E-state index in [0.717, 1.165) is 23.2 Å². The molecule has 0 fully saturated rings. The van der Waals surface area contributed by atoms with Crippen LogP contribution in [0.5, 0.6) is 0 Å². The highest BCUT2D eigenvalue weighted by Crippen LogP contribution is 2.26. The van der Waals surface area contributed by atoms with E-state index in [0.29, 0.717) is 6.54 Å². The van der Waals surface area contributed by atoms with Gasteiger partial charge in [0.1, 0.15) is 0 Å². The van der Waals surface area contributed by atoms with Gasteiger partial charge in [-0.25, -0.2) is 8.42 Å². The number of sulfonamides is 1. The predicted octanol–water partition coefficient (Wildman–Crippen LogP) is 1.81. The zero-order valence-corrected chi connectivity index (χ0v) is 12.3. The molecule has 18 heavy (non-hydrogen) atoms. The largest absolute Gasteiger partial charge is 0.326 e. The Morgan fingerprint density at radius 2 is 1.78 bits per heavy atom. The van der Waals surface area contributed by atoms with Gasteiger partial charge in [0.15, 0.2) is 0 Å². The smallest absolute Gasteiger partial charge is 0.232 e. The number of anilines is 1. The van der Waals surface area contributed by atoms with Crippen LogP contribution in [0.1, 0.15) is 24.5 Å². The molecular weight excluding hydrogens is 248 g/mol. The molecule has 1 aromatic carbocycles. The van der Waals surface area contributed by atoms with Gasteiger partial charge < -0.3 is 5.73 Å². The third-order valence-electron chi connectivity index (χ3n) is 3.01. The quantitative estimate of drug-likeness (QED) is 0.887. The molecule has 5 heteroatoms. The van der Waals surface area contributed by atoms with E-state index >= 15 is 0 Å². The van der Waals surface area contributed by atoms with Crippen LogP contribution in [0.3, 0.4) is 0 Å². The lowest BCUT2D eigenvalue weighted by Crippen LogP contribution is -2.41. The third kappa shape index (κ3) is 3.46. The number of nitrogens with zero attached hydrogens (tertiary/aromatic N) is 1. The lowest BCUT2D eigenvalue weighted by atomic mass is 10.1. The number of aryl methyl sites for hydroxylation is 2. The summed E-state index contributed by atoms with van der Waals surface area (Å²) >= 11 is 0. The Kier molecular flexibility index (Phi) is 4.76. The van der Waals surface area contributed by atoms with Gasteiger partial charge in [-0.1, -0.05) is 25.1 Å². The van der Waals surface area contributed by atoms with E-state index in [1.54, 1.807) is 0 Å². The van der Waals surface area contributed by atoms with Crippen LogP contribution in [0, 0.1) is 13.8 Å². The Morgan fingerprint density at radius 1 is 1.28 bits per heavy atom. The third-order valence-corrected chi connectivity index (χ3v) is 4.15. The molecule has 102 valence electrons. The van der Waals surface area contributed by atoms with E-state index in [1.807, 2.05) is 39.0 Å². The molecule has 1 aromatic rings. The number of hydrogen-bond donors (Lipinski definition) is 1. The first-order valence-corrected chi connectivity index (χ1v) is 7.91. The minimum atomic E-state index is -3.31. The Morgan fingerprint density at radius 3 is 2.17 bits per heavy atom. The first kappa shape index (κ1) is 15.0. The van der Waals surface area contributed by atoms with Crippen LogP contribution in [-0.4, -0.2) is 27.3 Å². The topological polar surface area (TPSA) is 63.4 Å². The van der Waals surface area contributed by atoms with Crippen molar-refractivity contribution in [1.29, 1.82) is 0 Å². The van der Waals surface area contributed by atoms with Gasteiger partial charge in [-0.2, -0.15) is 0 Å². The van der Waals surface area contributed by atoms with E-state index in [1.165, 1.54) is 10.6 Å². The average molecular weight is 270 g/mol. The molecule has 0 aliphatic carbocycles. The van der Waals surface area contributed by atoms with Crippen LogP contribution >= 0.6 is 0 Å². The van der Waals surface area contributed by atoms with Gasteiger partial charge in [0.05, 0.1) is 11.9 Å². The van der Waals surface area contributed by atoms with E-state index < -0.39 is 10.0 Å². The molecule has 1 atom stereocenters. The monoisotopic (exact) mass is 270 g/mol. The summed E-state index contributed by atoms with van der Waals surface area (Å²) in [6.07, 6.45) is 1.97.